The lowest BCUT2D eigenvalue weighted by Gasteiger charge is -2.15. The Morgan fingerprint density at radius 2 is 1.90 bits per heavy atom. The fourth-order valence-electron chi connectivity index (χ4n) is 3.34. The van der Waals surface area contributed by atoms with Crippen molar-refractivity contribution in [3.05, 3.63) is 92.0 Å². The molecule has 0 aliphatic heterocycles. The first-order chi connectivity index (χ1) is 14.5. The Balaban J connectivity index is 1.62. The number of carboxylic acids is 1. The summed E-state index contributed by atoms with van der Waals surface area (Å²) in [5, 5.41) is 14.2. The van der Waals surface area contributed by atoms with Gasteiger partial charge in [-0.05, 0) is 65.9 Å². The molecule has 1 atom stereocenters. The van der Waals surface area contributed by atoms with Gasteiger partial charge < -0.3 is 10.4 Å². The Kier molecular flexibility index (Phi) is 5.61. The van der Waals surface area contributed by atoms with E-state index in [-0.39, 0.29) is 5.56 Å². The van der Waals surface area contributed by atoms with Crippen molar-refractivity contribution in [3.63, 3.8) is 0 Å². The first-order valence-corrected chi connectivity index (χ1v) is 10.6. The number of rotatable bonds is 6. The number of benzene rings is 2. The van der Waals surface area contributed by atoms with Gasteiger partial charge in [0.05, 0.1) is 4.34 Å². The smallest absolute Gasteiger partial charge is 0.331 e. The summed E-state index contributed by atoms with van der Waals surface area (Å²) in [6, 6.07) is 17.4. The molecule has 2 aromatic carbocycles. The molecule has 4 rings (SSSR count). The average molecular weight is 439 g/mol. The number of hydrogen-bond donors (Lipinski definition) is 2. The highest BCUT2D eigenvalue weighted by molar-refractivity contribution is 7.16. The number of anilines is 1. The van der Waals surface area contributed by atoms with E-state index in [4.69, 9.17) is 11.6 Å². The van der Waals surface area contributed by atoms with Gasteiger partial charge in [0.15, 0.2) is 6.04 Å². The SMILES string of the molecule is CCc1ccc2c(=O)n(-c3ccc(NC(C(=O)O)c4ccc(Cl)s4)cc3)ccc2c1. The molecule has 30 heavy (non-hydrogen) atoms. The standard InChI is InChI=1S/C23H19ClN2O3S/c1-2-14-3-8-18-15(13-14)11-12-26(22(18)27)17-6-4-16(5-7-17)25-21(23(28)29)19-9-10-20(24)30-19/h3-13,21,25H,2H2,1H3,(H,28,29). The summed E-state index contributed by atoms with van der Waals surface area (Å²) >= 11 is 7.17. The summed E-state index contributed by atoms with van der Waals surface area (Å²) in [5.74, 6) is -0.991. The highest BCUT2D eigenvalue weighted by Gasteiger charge is 2.21. The first kappa shape index (κ1) is 20.2. The van der Waals surface area contributed by atoms with E-state index in [1.165, 1.54) is 16.9 Å². The van der Waals surface area contributed by atoms with Gasteiger partial charge >= 0.3 is 5.97 Å². The minimum absolute atomic E-state index is 0.0903. The molecule has 7 heteroatoms. The molecule has 0 spiro atoms. The van der Waals surface area contributed by atoms with E-state index in [1.54, 1.807) is 47.2 Å². The second-order valence-electron chi connectivity index (χ2n) is 6.87. The van der Waals surface area contributed by atoms with Crippen molar-refractivity contribution in [1.29, 1.82) is 0 Å². The Hall–Kier alpha value is -3.09. The van der Waals surface area contributed by atoms with Crippen LogP contribution >= 0.6 is 22.9 Å². The molecule has 152 valence electrons. The van der Waals surface area contributed by atoms with E-state index in [0.29, 0.717) is 26.0 Å². The van der Waals surface area contributed by atoms with Gasteiger partial charge in [0.2, 0.25) is 0 Å². The van der Waals surface area contributed by atoms with Gasteiger partial charge in [-0.2, -0.15) is 0 Å². The van der Waals surface area contributed by atoms with Crippen LogP contribution in [0.1, 0.15) is 23.4 Å². The van der Waals surface area contributed by atoms with Crippen molar-refractivity contribution in [2.45, 2.75) is 19.4 Å². The Bertz CT molecular complexity index is 1280. The molecule has 0 fully saturated rings. The number of nitrogens with zero attached hydrogens (tertiary/aromatic N) is 1. The number of aromatic nitrogens is 1. The molecule has 0 radical (unpaired) electrons. The fourth-order valence-corrected chi connectivity index (χ4v) is 4.45. The number of carbonyl (C=O) groups is 1. The van der Waals surface area contributed by atoms with Crippen LogP contribution in [0.25, 0.3) is 16.5 Å². The van der Waals surface area contributed by atoms with Crippen molar-refractivity contribution < 1.29 is 9.90 Å². The van der Waals surface area contributed by atoms with E-state index in [2.05, 4.69) is 12.2 Å². The summed E-state index contributed by atoms with van der Waals surface area (Å²) in [6.07, 6.45) is 2.68. The van der Waals surface area contributed by atoms with E-state index >= 15 is 0 Å². The lowest BCUT2D eigenvalue weighted by molar-refractivity contribution is -0.138. The molecular weight excluding hydrogens is 420 g/mol. The molecule has 0 aliphatic rings. The Morgan fingerprint density at radius 1 is 1.13 bits per heavy atom. The van der Waals surface area contributed by atoms with Crippen LogP contribution in [0.5, 0.6) is 0 Å². The number of aliphatic carboxylic acids is 1. The molecule has 0 saturated heterocycles. The lowest BCUT2D eigenvalue weighted by Crippen LogP contribution is -2.20. The summed E-state index contributed by atoms with van der Waals surface area (Å²) in [5.41, 5.74) is 2.44. The maximum absolute atomic E-state index is 12.9. The molecule has 0 amide bonds. The highest BCUT2D eigenvalue weighted by atomic mass is 35.5. The molecule has 0 aliphatic carbocycles. The molecule has 1 unspecified atom stereocenters. The van der Waals surface area contributed by atoms with E-state index in [0.717, 1.165) is 11.8 Å². The number of nitrogens with one attached hydrogen (secondary N) is 1. The van der Waals surface area contributed by atoms with Crippen LogP contribution in [-0.4, -0.2) is 15.6 Å². The number of carboxylic acid groups (broad SMARTS) is 1. The van der Waals surface area contributed by atoms with Crippen LogP contribution in [0.2, 0.25) is 4.34 Å². The number of hydrogen-bond acceptors (Lipinski definition) is 4. The van der Waals surface area contributed by atoms with Crippen LogP contribution in [0, 0.1) is 0 Å². The third kappa shape index (κ3) is 3.97. The number of thiophene rings is 1. The number of aryl methyl sites for hydroxylation is 1. The molecule has 2 aromatic heterocycles. The van der Waals surface area contributed by atoms with E-state index in [1.807, 2.05) is 24.3 Å². The minimum Gasteiger partial charge on any atom is -0.479 e. The largest absolute Gasteiger partial charge is 0.479 e. The molecule has 0 bridgehead atoms. The van der Waals surface area contributed by atoms with Gasteiger partial charge in [0.25, 0.3) is 5.56 Å². The maximum atomic E-state index is 12.9. The van der Waals surface area contributed by atoms with E-state index in [9.17, 15) is 14.7 Å². The lowest BCUT2D eigenvalue weighted by atomic mass is 10.1. The zero-order valence-electron chi connectivity index (χ0n) is 16.1. The normalized spacial score (nSPS) is 12.1. The molecule has 4 aromatic rings. The fraction of sp³-hybridized carbons (Fsp3) is 0.130. The van der Waals surface area contributed by atoms with Crippen LogP contribution in [-0.2, 0) is 11.2 Å². The average Bonchev–Trinajstić information content (AvgIpc) is 3.18. The summed E-state index contributed by atoms with van der Waals surface area (Å²) in [7, 11) is 0. The van der Waals surface area contributed by atoms with Crippen molar-refractivity contribution in [1.82, 2.24) is 4.57 Å². The molecule has 2 N–H and O–H groups in total. The second kappa shape index (κ2) is 8.34. The second-order valence-corrected chi connectivity index (χ2v) is 8.62. The van der Waals surface area contributed by atoms with Gasteiger partial charge in [0.1, 0.15) is 0 Å². The zero-order chi connectivity index (χ0) is 21.3. The quantitative estimate of drug-likeness (QED) is 0.416. The Labute approximate surface area is 182 Å². The van der Waals surface area contributed by atoms with Gasteiger partial charge in [-0.3, -0.25) is 9.36 Å². The zero-order valence-corrected chi connectivity index (χ0v) is 17.7. The van der Waals surface area contributed by atoms with Crippen LogP contribution in [0.3, 0.4) is 0 Å². The maximum Gasteiger partial charge on any atom is 0.331 e. The van der Waals surface area contributed by atoms with Gasteiger partial charge in [-0.25, -0.2) is 4.79 Å². The molecule has 5 nitrogen and oxygen atoms in total. The third-order valence-electron chi connectivity index (χ3n) is 4.96. The summed E-state index contributed by atoms with van der Waals surface area (Å²) in [6.45, 7) is 2.08. The number of halogens is 1. The van der Waals surface area contributed by atoms with Gasteiger partial charge in [-0.1, -0.05) is 30.7 Å². The predicted octanol–water partition coefficient (Wildman–Crippen LogP) is 5.51. The van der Waals surface area contributed by atoms with Gasteiger partial charge in [-0.15, -0.1) is 11.3 Å². The van der Waals surface area contributed by atoms with Crippen LogP contribution in [0.4, 0.5) is 5.69 Å². The molecular formula is C23H19ClN2O3S. The van der Waals surface area contributed by atoms with Crippen molar-refractivity contribution in [2.24, 2.45) is 0 Å². The molecule has 0 saturated carbocycles. The van der Waals surface area contributed by atoms with E-state index < -0.39 is 12.0 Å². The van der Waals surface area contributed by atoms with Crippen molar-refractivity contribution in [3.8, 4) is 5.69 Å². The topological polar surface area (TPSA) is 71.3 Å². The van der Waals surface area contributed by atoms with Crippen molar-refractivity contribution in [2.75, 3.05) is 5.32 Å². The monoisotopic (exact) mass is 438 g/mol. The predicted molar refractivity (Wildman–Crippen MR) is 122 cm³/mol. The highest BCUT2D eigenvalue weighted by Crippen LogP contribution is 2.29. The number of fused-ring (bicyclic) bond motifs is 1. The summed E-state index contributed by atoms with van der Waals surface area (Å²) < 4.78 is 2.13. The minimum atomic E-state index is -0.991. The molecule has 2 heterocycles. The van der Waals surface area contributed by atoms with Crippen molar-refractivity contribution >= 4 is 45.4 Å². The van der Waals surface area contributed by atoms with Gasteiger partial charge in [0, 0.05) is 27.8 Å². The summed E-state index contributed by atoms with van der Waals surface area (Å²) in [4.78, 5) is 25.2. The first-order valence-electron chi connectivity index (χ1n) is 9.45. The third-order valence-corrected chi connectivity index (χ3v) is 6.25. The van der Waals surface area contributed by atoms with Crippen LogP contribution < -0.4 is 10.9 Å². The number of pyridine rings is 1. The Morgan fingerprint density at radius 3 is 2.53 bits per heavy atom. The van der Waals surface area contributed by atoms with Crippen LogP contribution in [0.15, 0.2) is 71.7 Å².